The third kappa shape index (κ3) is 2.96. The summed E-state index contributed by atoms with van der Waals surface area (Å²) in [4.78, 5) is 11.3. The van der Waals surface area contributed by atoms with Crippen molar-refractivity contribution in [3.8, 4) is 0 Å². The van der Waals surface area contributed by atoms with Crippen LogP contribution < -0.4 is 0 Å². The lowest BCUT2D eigenvalue weighted by molar-refractivity contribution is 0.0280. The molecule has 2 rings (SSSR count). The van der Waals surface area contributed by atoms with Gasteiger partial charge in [0, 0.05) is 0 Å². The van der Waals surface area contributed by atoms with E-state index in [4.69, 9.17) is 0 Å². The van der Waals surface area contributed by atoms with Crippen molar-refractivity contribution in [3.05, 3.63) is 34.9 Å². The molecular formula is C15H20O4. The number of carbonyl (C=O) groups is 1. The van der Waals surface area contributed by atoms with Crippen molar-refractivity contribution in [3.63, 3.8) is 0 Å². The molecule has 1 aromatic rings. The summed E-state index contributed by atoms with van der Waals surface area (Å²) in [6.45, 7) is 1.73. The van der Waals surface area contributed by atoms with E-state index in [0.29, 0.717) is 17.5 Å². The minimum atomic E-state index is -1.01. The van der Waals surface area contributed by atoms with E-state index in [9.17, 15) is 20.1 Å². The van der Waals surface area contributed by atoms with Gasteiger partial charge in [-0.1, -0.05) is 24.6 Å². The standard InChI is InChI=1S/C15H20O4/c1-9-4-2-7-12(13(9)15(18)19)14(17)10-5-3-6-11(16)8-10/h2,4,7,10-11,14,16-17H,3,5-6,8H2,1H3,(H,18,19). The molecule has 104 valence electrons. The summed E-state index contributed by atoms with van der Waals surface area (Å²) in [5.41, 5.74) is 1.31. The molecule has 1 saturated carbocycles. The molecule has 3 N–H and O–H groups in total. The van der Waals surface area contributed by atoms with Crippen LogP contribution in [-0.2, 0) is 0 Å². The fraction of sp³-hybridized carbons (Fsp3) is 0.533. The fourth-order valence-corrected chi connectivity index (χ4v) is 2.97. The zero-order chi connectivity index (χ0) is 14.0. The lowest BCUT2D eigenvalue weighted by atomic mass is 9.80. The number of carboxylic acids is 1. The van der Waals surface area contributed by atoms with Gasteiger partial charge in [-0.3, -0.25) is 0 Å². The monoisotopic (exact) mass is 264 g/mol. The Bertz CT molecular complexity index is 469. The molecule has 0 bridgehead atoms. The molecule has 3 unspecified atom stereocenters. The number of benzene rings is 1. The lowest BCUT2D eigenvalue weighted by Gasteiger charge is -2.30. The van der Waals surface area contributed by atoms with Crippen molar-refractivity contribution in [1.29, 1.82) is 0 Å². The quantitative estimate of drug-likeness (QED) is 0.782. The van der Waals surface area contributed by atoms with E-state index in [1.54, 1.807) is 25.1 Å². The van der Waals surface area contributed by atoms with Crippen LogP contribution in [-0.4, -0.2) is 27.4 Å². The Balaban J connectivity index is 2.30. The fourth-order valence-electron chi connectivity index (χ4n) is 2.97. The third-order valence-corrected chi connectivity index (χ3v) is 3.97. The van der Waals surface area contributed by atoms with Crippen molar-refractivity contribution in [1.82, 2.24) is 0 Å². The molecule has 4 nitrogen and oxygen atoms in total. The number of aromatic carboxylic acids is 1. The van der Waals surface area contributed by atoms with Crippen molar-refractivity contribution < 1.29 is 20.1 Å². The summed E-state index contributed by atoms with van der Waals surface area (Å²) in [7, 11) is 0. The summed E-state index contributed by atoms with van der Waals surface area (Å²) >= 11 is 0. The molecule has 19 heavy (non-hydrogen) atoms. The topological polar surface area (TPSA) is 77.8 Å². The zero-order valence-corrected chi connectivity index (χ0v) is 11.0. The molecule has 0 radical (unpaired) electrons. The number of hydrogen-bond acceptors (Lipinski definition) is 3. The summed E-state index contributed by atoms with van der Waals surface area (Å²) in [6, 6.07) is 5.16. The first kappa shape index (κ1) is 14.0. The molecule has 0 saturated heterocycles. The van der Waals surface area contributed by atoms with Crippen LogP contribution in [0.4, 0.5) is 0 Å². The Morgan fingerprint density at radius 1 is 1.37 bits per heavy atom. The molecule has 0 amide bonds. The number of carboxylic acid groups (broad SMARTS) is 1. The first-order valence-corrected chi connectivity index (χ1v) is 6.69. The Hall–Kier alpha value is -1.39. The van der Waals surface area contributed by atoms with Gasteiger partial charge >= 0.3 is 5.97 Å². The number of hydrogen-bond donors (Lipinski definition) is 3. The number of aliphatic hydroxyl groups is 2. The second-order valence-electron chi connectivity index (χ2n) is 5.37. The smallest absolute Gasteiger partial charge is 0.336 e. The SMILES string of the molecule is Cc1cccc(C(O)C2CCCC(O)C2)c1C(=O)O. The van der Waals surface area contributed by atoms with Gasteiger partial charge in [-0.2, -0.15) is 0 Å². The van der Waals surface area contributed by atoms with Crippen LogP contribution >= 0.6 is 0 Å². The maximum Gasteiger partial charge on any atom is 0.336 e. The Morgan fingerprint density at radius 2 is 2.11 bits per heavy atom. The van der Waals surface area contributed by atoms with E-state index in [1.807, 2.05) is 0 Å². The molecule has 0 aliphatic heterocycles. The van der Waals surface area contributed by atoms with E-state index < -0.39 is 12.1 Å². The van der Waals surface area contributed by atoms with Crippen LogP contribution in [0.15, 0.2) is 18.2 Å². The molecule has 1 aromatic carbocycles. The molecule has 0 heterocycles. The molecule has 4 heteroatoms. The number of aryl methyl sites for hydroxylation is 1. The summed E-state index contributed by atoms with van der Waals surface area (Å²) in [6.07, 6.45) is 1.80. The molecule has 3 atom stereocenters. The zero-order valence-electron chi connectivity index (χ0n) is 11.0. The molecule has 0 spiro atoms. The minimum absolute atomic E-state index is 0.0661. The highest BCUT2D eigenvalue weighted by molar-refractivity contribution is 5.91. The van der Waals surface area contributed by atoms with Gasteiger partial charge < -0.3 is 15.3 Å². The lowest BCUT2D eigenvalue weighted by Crippen LogP contribution is -2.25. The van der Waals surface area contributed by atoms with E-state index in [1.165, 1.54) is 0 Å². The van der Waals surface area contributed by atoms with Gasteiger partial charge in [0.25, 0.3) is 0 Å². The van der Waals surface area contributed by atoms with Gasteiger partial charge in [0.05, 0.1) is 17.8 Å². The van der Waals surface area contributed by atoms with Crippen LogP contribution in [0.25, 0.3) is 0 Å². The van der Waals surface area contributed by atoms with Crippen LogP contribution in [0.1, 0.15) is 53.3 Å². The van der Waals surface area contributed by atoms with Crippen molar-refractivity contribution in [2.45, 2.75) is 44.8 Å². The highest BCUT2D eigenvalue weighted by Crippen LogP contribution is 2.36. The van der Waals surface area contributed by atoms with Gasteiger partial charge in [-0.25, -0.2) is 4.79 Å². The molecule has 1 aliphatic carbocycles. The second kappa shape index (κ2) is 5.72. The Kier molecular flexibility index (Phi) is 4.22. The van der Waals surface area contributed by atoms with Gasteiger partial charge in [0.15, 0.2) is 0 Å². The van der Waals surface area contributed by atoms with E-state index >= 15 is 0 Å². The molecule has 1 aliphatic rings. The maximum absolute atomic E-state index is 11.3. The number of aliphatic hydroxyl groups excluding tert-OH is 2. The summed E-state index contributed by atoms with van der Waals surface area (Å²) in [5, 5.41) is 29.4. The largest absolute Gasteiger partial charge is 0.478 e. The molecular weight excluding hydrogens is 244 g/mol. The van der Waals surface area contributed by atoms with Gasteiger partial charge in [-0.15, -0.1) is 0 Å². The first-order valence-electron chi connectivity index (χ1n) is 6.69. The van der Waals surface area contributed by atoms with Crippen molar-refractivity contribution in [2.24, 2.45) is 5.92 Å². The van der Waals surface area contributed by atoms with Gasteiger partial charge in [0.1, 0.15) is 0 Å². The molecule has 0 aromatic heterocycles. The van der Waals surface area contributed by atoms with Crippen LogP contribution in [0, 0.1) is 12.8 Å². The Morgan fingerprint density at radius 3 is 2.74 bits per heavy atom. The first-order chi connectivity index (χ1) is 9.00. The molecule has 1 fully saturated rings. The maximum atomic E-state index is 11.3. The number of rotatable bonds is 3. The average molecular weight is 264 g/mol. The second-order valence-corrected chi connectivity index (χ2v) is 5.37. The van der Waals surface area contributed by atoms with E-state index in [2.05, 4.69) is 0 Å². The van der Waals surface area contributed by atoms with Crippen LogP contribution in [0.5, 0.6) is 0 Å². The third-order valence-electron chi connectivity index (χ3n) is 3.97. The Labute approximate surface area is 112 Å². The van der Waals surface area contributed by atoms with Crippen LogP contribution in [0.3, 0.4) is 0 Å². The van der Waals surface area contributed by atoms with E-state index in [0.717, 1.165) is 19.3 Å². The minimum Gasteiger partial charge on any atom is -0.478 e. The van der Waals surface area contributed by atoms with Gasteiger partial charge in [-0.05, 0) is 43.2 Å². The van der Waals surface area contributed by atoms with Crippen molar-refractivity contribution in [2.75, 3.05) is 0 Å². The predicted octanol–water partition coefficient (Wildman–Crippen LogP) is 2.28. The summed E-state index contributed by atoms with van der Waals surface area (Å²) in [5.74, 6) is -1.08. The summed E-state index contributed by atoms with van der Waals surface area (Å²) < 4.78 is 0. The highest BCUT2D eigenvalue weighted by atomic mass is 16.4. The average Bonchev–Trinajstić information content (AvgIpc) is 2.37. The van der Waals surface area contributed by atoms with Crippen LogP contribution in [0.2, 0.25) is 0 Å². The normalized spacial score (nSPS) is 25.0. The van der Waals surface area contributed by atoms with E-state index in [-0.39, 0.29) is 17.6 Å². The van der Waals surface area contributed by atoms with Gasteiger partial charge in [0.2, 0.25) is 0 Å². The predicted molar refractivity (Wildman–Crippen MR) is 71.1 cm³/mol. The highest BCUT2D eigenvalue weighted by Gasteiger charge is 2.30. The van der Waals surface area contributed by atoms with Crippen molar-refractivity contribution >= 4 is 5.97 Å².